The van der Waals surface area contributed by atoms with Crippen molar-refractivity contribution in [2.75, 3.05) is 0 Å². The average Bonchev–Trinajstić information content (AvgIpc) is 3.66. The summed E-state index contributed by atoms with van der Waals surface area (Å²) < 4.78 is 0. The maximum atomic E-state index is 7.05. The second-order valence-electron chi connectivity index (χ2n) is 18.0. The van der Waals surface area contributed by atoms with Gasteiger partial charge in [0.05, 0.1) is 6.57 Å². The van der Waals surface area contributed by atoms with Gasteiger partial charge in [0.25, 0.3) is 0 Å². The van der Waals surface area contributed by atoms with E-state index >= 15 is 0 Å². The van der Waals surface area contributed by atoms with Gasteiger partial charge in [-0.05, 0) is 57.5 Å². The molecule has 0 bridgehead atoms. The molecule has 4 radical (unpaired) electrons. The number of pyridine rings is 4. The van der Waals surface area contributed by atoms with Gasteiger partial charge in [-0.2, -0.15) is 0 Å². The minimum atomic E-state index is 0. The number of fused-ring (bicyclic) bond motifs is 5. The molecule has 0 aliphatic rings. The Kier molecular flexibility index (Phi) is 20.0. The normalized spacial score (nSPS) is 10.3. The molecule has 15 aromatic rings. The van der Waals surface area contributed by atoms with Crippen LogP contribution in [0.1, 0.15) is 0 Å². The molecule has 0 saturated heterocycles. The summed E-state index contributed by atoms with van der Waals surface area (Å²) in [7, 11) is 0. The molecule has 0 fully saturated rings. The van der Waals surface area contributed by atoms with E-state index in [9.17, 15) is 0 Å². The van der Waals surface area contributed by atoms with Crippen LogP contribution in [0.5, 0.6) is 0 Å². The SMILES string of the molecule is [C-]#[N+]c1ccnc(-c2[c-]ccc3ccccc23)c1.[Ir].[Ir].[Ir].[Ir].[c-]1c(-c2ccccn2)c2ccccc2c2ccccc12.[c-]1cc2ccc3cccc4ccc(c1-c1ccccn1)c2c34.[c-]1ccc2ccccc2c1-c1ccccn1. The Morgan fingerprint density at radius 3 is 1.36 bits per heavy atom. The van der Waals surface area contributed by atoms with Crippen LogP contribution in [0.25, 0.3) is 125 Å². The maximum Gasteiger partial charge on any atom is 0.181 e. The Morgan fingerprint density at radius 2 is 0.775 bits per heavy atom. The van der Waals surface area contributed by atoms with Crippen LogP contribution in [0.3, 0.4) is 0 Å². The summed E-state index contributed by atoms with van der Waals surface area (Å²) >= 11 is 0. The Bertz CT molecular complexity index is 4530. The second-order valence-corrected chi connectivity index (χ2v) is 18.0. The molecule has 0 aliphatic carbocycles. The van der Waals surface area contributed by atoms with Gasteiger partial charge in [0.15, 0.2) is 5.69 Å². The van der Waals surface area contributed by atoms with Crippen molar-refractivity contribution in [3.8, 4) is 45.0 Å². The summed E-state index contributed by atoms with van der Waals surface area (Å²) in [5.41, 5.74) is 8.46. The summed E-state index contributed by atoms with van der Waals surface area (Å²) in [5, 5.41) is 17.2. The number of benzene rings is 11. The predicted octanol–water partition coefficient (Wildman–Crippen LogP) is 18.2. The van der Waals surface area contributed by atoms with E-state index in [1.807, 2.05) is 122 Å². The molecule has 5 nitrogen and oxygen atoms in total. The quantitative estimate of drug-likeness (QED) is 0.130. The molecule has 4 aromatic heterocycles. The van der Waals surface area contributed by atoms with E-state index < -0.39 is 0 Å². The molecule has 11 aromatic carbocycles. The molecule has 0 aliphatic heterocycles. The van der Waals surface area contributed by atoms with E-state index in [0.29, 0.717) is 5.69 Å². The zero-order valence-electron chi connectivity index (χ0n) is 42.4. The molecule has 0 unspecified atom stereocenters. The third-order valence-electron chi connectivity index (χ3n) is 13.5. The molecular formula is C71H43Ir4N5-4. The number of hydrogen-bond donors (Lipinski definition) is 0. The van der Waals surface area contributed by atoms with Gasteiger partial charge >= 0.3 is 0 Å². The first-order valence-electron chi connectivity index (χ1n) is 25.0. The summed E-state index contributed by atoms with van der Waals surface area (Å²) in [5.74, 6) is 0. The second kappa shape index (κ2) is 27.4. The van der Waals surface area contributed by atoms with Gasteiger partial charge in [0.2, 0.25) is 0 Å². The van der Waals surface area contributed by atoms with Crippen molar-refractivity contribution in [3.63, 3.8) is 0 Å². The first kappa shape index (κ1) is 58.3. The summed E-state index contributed by atoms with van der Waals surface area (Å²) in [6, 6.07) is 93.4. The fourth-order valence-corrected chi connectivity index (χ4v) is 9.95. The van der Waals surface area contributed by atoms with Crippen molar-refractivity contribution < 1.29 is 80.4 Å². The number of aromatic nitrogens is 4. The standard InChI is InChI=1S/C21H12N.C19H12N.C16H9N2.C15H10N.4Ir/c1-2-13-22-19(6-1)17-11-9-16-8-7-14-4-3-5-15-10-12-18(17)21(16)20(14)15;1-2-8-15-14(7-1)13-18(19-11-5-6-12-20-19)17-10-4-3-9-16(15)17;1-17-13-9-10-18-16(11-13)15-8-4-6-12-5-2-3-7-14(12)15;1-2-8-13-12(6-1)7-5-9-14(13)15-10-3-4-11-16-15;;;;/h1-10,12-13H;1-12H;2-7,9-11H;1-8,10-11H;;;;/q4*-1;;;;. The van der Waals surface area contributed by atoms with E-state index in [2.05, 4.69) is 170 Å². The molecular weight excluding hydrogens is 1690 g/mol. The Morgan fingerprint density at radius 1 is 0.312 bits per heavy atom. The monoisotopic (exact) mass is 1740 g/mol. The average molecular weight is 1740 g/mol. The zero-order chi connectivity index (χ0) is 51.0. The van der Waals surface area contributed by atoms with Crippen molar-refractivity contribution >= 4 is 81.1 Å². The molecule has 0 N–H and O–H groups in total. The van der Waals surface area contributed by atoms with Crippen LogP contribution in [-0.4, -0.2) is 19.9 Å². The molecule has 15 rings (SSSR count). The van der Waals surface area contributed by atoms with Gasteiger partial charge in [-0.25, -0.2) is 4.85 Å². The van der Waals surface area contributed by atoms with Gasteiger partial charge in [-0.1, -0.05) is 225 Å². The summed E-state index contributed by atoms with van der Waals surface area (Å²) in [6.45, 7) is 7.05. The molecule has 0 saturated carbocycles. The van der Waals surface area contributed by atoms with Crippen molar-refractivity contribution in [1.29, 1.82) is 0 Å². The predicted molar refractivity (Wildman–Crippen MR) is 314 cm³/mol. The minimum absolute atomic E-state index is 0. The summed E-state index contributed by atoms with van der Waals surface area (Å²) in [4.78, 5) is 21.1. The Hall–Kier alpha value is -7.81. The molecule has 9 heteroatoms. The van der Waals surface area contributed by atoms with Crippen LogP contribution in [-0.2, 0) is 80.4 Å². The number of rotatable bonds is 4. The Labute approximate surface area is 518 Å². The third kappa shape index (κ3) is 12.3. The molecule has 4 heterocycles. The molecule has 392 valence electrons. The first-order valence-corrected chi connectivity index (χ1v) is 25.0. The van der Waals surface area contributed by atoms with Crippen LogP contribution < -0.4 is 0 Å². The fraction of sp³-hybridized carbons (Fsp3) is 0. The van der Waals surface area contributed by atoms with E-state index in [0.717, 1.165) is 61.2 Å². The van der Waals surface area contributed by atoms with Crippen LogP contribution in [0.15, 0.2) is 261 Å². The van der Waals surface area contributed by atoms with E-state index in [-0.39, 0.29) is 80.4 Å². The van der Waals surface area contributed by atoms with Crippen molar-refractivity contribution in [3.05, 3.63) is 297 Å². The molecule has 0 atom stereocenters. The van der Waals surface area contributed by atoms with Crippen LogP contribution >= 0.6 is 0 Å². The van der Waals surface area contributed by atoms with Crippen LogP contribution in [0.2, 0.25) is 0 Å². The fourth-order valence-electron chi connectivity index (χ4n) is 9.95. The van der Waals surface area contributed by atoms with Gasteiger partial charge in [-0.15, -0.1) is 93.5 Å². The molecule has 80 heavy (non-hydrogen) atoms. The Balaban J connectivity index is 0.000000139. The van der Waals surface area contributed by atoms with E-state index in [4.69, 9.17) is 6.57 Å². The summed E-state index contributed by atoms with van der Waals surface area (Å²) in [6.07, 6.45) is 7.14. The molecule has 0 amide bonds. The van der Waals surface area contributed by atoms with Crippen molar-refractivity contribution in [2.45, 2.75) is 0 Å². The minimum Gasteiger partial charge on any atom is -0.307 e. The van der Waals surface area contributed by atoms with Gasteiger partial charge in [-0.3, -0.25) is 4.98 Å². The third-order valence-corrected chi connectivity index (χ3v) is 13.5. The van der Waals surface area contributed by atoms with Crippen molar-refractivity contribution in [1.82, 2.24) is 19.9 Å². The van der Waals surface area contributed by atoms with E-state index in [1.165, 1.54) is 59.2 Å². The van der Waals surface area contributed by atoms with Crippen LogP contribution in [0.4, 0.5) is 5.69 Å². The zero-order valence-corrected chi connectivity index (χ0v) is 52.0. The van der Waals surface area contributed by atoms with Crippen molar-refractivity contribution in [2.24, 2.45) is 0 Å². The number of hydrogen-bond acceptors (Lipinski definition) is 4. The van der Waals surface area contributed by atoms with Gasteiger partial charge in [0, 0.05) is 111 Å². The maximum absolute atomic E-state index is 7.05. The van der Waals surface area contributed by atoms with Gasteiger partial charge in [0.1, 0.15) is 0 Å². The molecule has 0 spiro atoms. The topological polar surface area (TPSA) is 55.9 Å². The van der Waals surface area contributed by atoms with Gasteiger partial charge < -0.3 is 15.0 Å². The van der Waals surface area contributed by atoms with E-state index in [1.54, 1.807) is 18.3 Å². The largest absolute Gasteiger partial charge is 0.307 e. The first-order chi connectivity index (χ1) is 37.7. The van der Waals surface area contributed by atoms with Crippen LogP contribution in [0, 0.1) is 30.8 Å². The number of nitrogens with zero attached hydrogens (tertiary/aromatic N) is 5. The smallest absolute Gasteiger partial charge is 0.181 e.